The first-order valence-corrected chi connectivity index (χ1v) is 11.9. The zero-order chi connectivity index (χ0) is 23.8. The molecule has 1 aliphatic heterocycles. The highest BCUT2D eigenvalue weighted by Crippen LogP contribution is 2.42. The van der Waals surface area contributed by atoms with Crippen molar-refractivity contribution in [3.8, 4) is 0 Å². The van der Waals surface area contributed by atoms with Crippen LogP contribution >= 0.6 is 0 Å². The predicted molar refractivity (Wildman–Crippen MR) is 131 cm³/mol. The molecule has 1 N–H and O–H groups in total. The van der Waals surface area contributed by atoms with Gasteiger partial charge in [0.25, 0.3) is 0 Å². The monoisotopic (exact) mass is 447 g/mol. The standard InChI is InChI=1S/C28H34FN3O/c1-6-28(7-2,20-14-12-19(3)13-15-20)17-25(33)22-18-30-32-26(22)31-24(16-27(32,4)5)21-10-8-9-11-23(21)29/h8-15,18,24,31H,6-7,16-17H2,1-5H3. The van der Waals surface area contributed by atoms with Gasteiger partial charge in [0.15, 0.2) is 5.78 Å². The number of hydrogen-bond donors (Lipinski definition) is 1. The summed E-state index contributed by atoms with van der Waals surface area (Å²) in [7, 11) is 0. The fourth-order valence-electron chi connectivity index (χ4n) is 5.22. The molecule has 174 valence electrons. The molecular formula is C28H34FN3O. The van der Waals surface area contributed by atoms with Crippen molar-refractivity contribution in [1.82, 2.24) is 9.78 Å². The third-order valence-electron chi connectivity index (χ3n) is 7.45. The number of nitrogens with one attached hydrogen (secondary N) is 1. The summed E-state index contributed by atoms with van der Waals surface area (Å²) >= 11 is 0. The van der Waals surface area contributed by atoms with Gasteiger partial charge in [0.2, 0.25) is 0 Å². The molecule has 1 aromatic heterocycles. The Balaban J connectivity index is 1.69. The highest BCUT2D eigenvalue weighted by atomic mass is 19.1. The highest BCUT2D eigenvalue weighted by molar-refractivity contribution is 6.01. The molecule has 1 aliphatic rings. The SMILES string of the molecule is CCC(CC)(CC(=O)c1cnn2c1NC(c1ccccc1F)CC2(C)C)c1ccc(C)cc1. The van der Waals surface area contributed by atoms with Crippen LogP contribution in [0.5, 0.6) is 0 Å². The fraction of sp³-hybridized carbons (Fsp3) is 0.429. The number of rotatable bonds is 7. The van der Waals surface area contributed by atoms with Gasteiger partial charge in [-0.15, -0.1) is 0 Å². The van der Waals surface area contributed by atoms with Crippen molar-refractivity contribution < 1.29 is 9.18 Å². The van der Waals surface area contributed by atoms with Crippen LogP contribution in [0.15, 0.2) is 54.7 Å². The summed E-state index contributed by atoms with van der Waals surface area (Å²) in [6.45, 7) is 10.6. The topological polar surface area (TPSA) is 46.9 Å². The number of aromatic nitrogens is 2. The van der Waals surface area contributed by atoms with Gasteiger partial charge < -0.3 is 5.32 Å². The largest absolute Gasteiger partial charge is 0.363 e. The number of anilines is 1. The Kier molecular flexibility index (Phi) is 6.17. The summed E-state index contributed by atoms with van der Waals surface area (Å²) in [6.07, 6.45) is 4.51. The van der Waals surface area contributed by atoms with Crippen LogP contribution in [-0.2, 0) is 11.0 Å². The van der Waals surface area contributed by atoms with E-state index in [9.17, 15) is 9.18 Å². The first-order valence-electron chi connectivity index (χ1n) is 11.9. The zero-order valence-corrected chi connectivity index (χ0v) is 20.3. The molecule has 0 saturated carbocycles. The highest BCUT2D eigenvalue weighted by Gasteiger charge is 2.39. The van der Waals surface area contributed by atoms with Gasteiger partial charge in [-0.1, -0.05) is 61.9 Å². The van der Waals surface area contributed by atoms with E-state index >= 15 is 0 Å². The summed E-state index contributed by atoms with van der Waals surface area (Å²) in [5, 5.41) is 8.03. The van der Waals surface area contributed by atoms with E-state index in [0.29, 0.717) is 29.8 Å². The molecule has 5 heteroatoms. The van der Waals surface area contributed by atoms with Crippen LogP contribution in [-0.4, -0.2) is 15.6 Å². The molecule has 4 rings (SSSR count). The van der Waals surface area contributed by atoms with E-state index in [1.54, 1.807) is 12.3 Å². The number of halogens is 1. The molecule has 1 atom stereocenters. The lowest BCUT2D eigenvalue weighted by molar-refractivity contribution is 0.0944. The Morgan fingerprint density at radius 2 is 1.82 bits per heavy atom. The summed E-state index contributed by atoms with van der Waals surface area (Å²) in [5.41, 5.74) is 3.03. The number of nitrogens with zero attached hydrogens (tertiary/aromatic N) is 2. The second kappa shape index (κ2) is 8.77. The molecule has 0 bridgehead atoms. The third kappa shape index (κ3) is 4.21. The normalized spacial score (nSPS) is 17.3. The number of hydrogen-bond acceptors (Lipinski definition) is 3. The molecule has 1 unspecified atom stereocenters. The molecular weight excluding hydrogens is 413 g/mol. The van der Waals surface area contributed by atoms with Crippen LogP contribution in [0, 0.1) is 12.7 Å². The first kappa shape index (κ1) is 23.2. The number of ketones is 1. The Morgan fingerprint density at radius 1 is 1.15 bits per heavy atom. The van der Waals surface area contributed by atoms with Crippen LogP contribution in [0.4, 0.5) is 10.2 Å². The molecule has 33 heavy (non-hydrogen) atoms. The van der Waals surface area contributed by atoms with Gasteiger partial charge in [-0.3, -0.25) is 4.79 Å². The molecule has 0 aliphatic carbocycles. The molecule has 0 saturated heterocycles. The van der Waals surface area contributed by atoms with Crippen LogP contribution in [0.25, 0.3) is 0 Å². The van der Waals surface area contributed by atoms with Crippen LogP contribution in [0.2, 0.25) is 0 Å². The molecule has 0 amide bonds. The van der Waals surface area contributed by atoms with E-state index in [2.05, 4.69) is 69.3 Å². The van der Waals surface area contributed by atoms with E-state index < -0.39 is 0 Å². The fourth-order valence-corrected chi connectivity index (χ4v) is 5.22. The number of aryl methyl sites for hydroxylation is 1. The first-order chi connectivity index (χ1) is 15.7. The number of benzene rings is 2. The molecule has 2 aromatic carbocycles. The van der Waals surface area contributed by atoms with Gasteiger partial charge >= 0.3 is 0 Å². The summed E-state index contributed by atoms with van der Waals surface area (Å²) in [6, 6.07) is 15.2. The van der Waals surface area contributed by atoms with Gasteiger partial charge in [-0.2, -0.15) is 5.10 Å². The minimum Gasteiger partial charge on any atom is -0.363 e. The van der Waals surface area contributed by atoms with E-state index in [1.807, 2.05) is 16.8 Å². The Bertz CT molecular complexity index is 1140. The van der Waals surface area contributed by atoms with Crippen molar-refractivity contribution in [2.75, 3.05) is 5.32 Å². The second-order valence-corrected chi connectivity index (χ2v) is 10.0. The quantitative estimate of drug-likeness (QED) is 0.399. The summed E-state index contributed by atoms with van der Waals surface area (Å²) < 4.78 is 16.5. The van der Waals surface area contributed by atoms with Crippen LogP contribution < -0.4 is 5.32 Å². The number of carbonyl (C=O) groups is 1. The third-order valence-corrected chi connectivity index (χ3v) is 7.45. The van der Waals surface area contributed by atoms with Gasteiger partial charge in [0, 0.05) is 17.4 Å². The zero-order valence-electron chi connectivity index (χ0n) is 20.3. The molecule has 2 heterocycles. The lowest BCUT2D eigenvalue weighted by atomic mass is 9.71. The maximum atomic E-state index is 14.6. The maximum Gasteiger partial charge on any atom is 0.169 e. The van der Waals surface area contributed by atoms with Crippen LogP contribution in [0.3, 0.4) is 0 Å². The van der Waals surface area contributed by atoms with Crippen molar-refractivity contribution >= 4 is 11.6 Å². The maximum absolute atomic E-state index is 14.6. The Labute approximate surface area is 196 Å². The average molecular weight is 448 g/mol. The van der Waals surface area contributed by atoms with Crippen molar-refractivity contribution in [2.24, 2.45) is 0 Å². The molecule has 0 spiro atoms. The summed E-state index contributed by atoms with van der Waals surface area (Å²) in [5.74, 6) is 0.523. The molecule has 0 fully saturated rings. The van der Waals surface area contributed by atoms with Crippen molar-refractivity contribution in [2.45, 2.75) is 77.3 Å². The Hall–Kier alpha value is -2.95. The number of carbonyl (C=O) groups excluding carboxylic acids is 1. The molecule has 0 radical (unpaired) electrons. The van der Waals surface area contributed by atoms with E-state index in [0.717, 1.165) is 12.8 Å². The summed E-state index contributed by atoms with van der Waals surface area (Å²) in [4.78, 5) is 13.7. The lowest BCUT2D eigenvalue weighted by Gasteiger charge is -2.38. The smallest absolute Gasteiger partial charge is 0.169 e. The molecule has 3 aromatic rings. The van der Waals surface area contributed by atoms with Gasteiger partial charge in [0.05, 0.1) is 23.3 Å². The van der Waals surface area contributed by atoms with Gasteiger partial charge in [-0.05, 0) is 51.7 Å². The number of fused-ring (bicyclic) bond motifs is 1. The average Bonchev–Trinajstić information content (AvgIpc) is 3.23. The number of Topliss-reactive ketones (excluding diaryl/α,β-unsaturated/α-hetero) is 1. The predicted octanol–water partition coefficient (Wildman–Crippen LogP) is 6.95. The van der Waals surface area contributed by atoms with E-state index in [-0.39, 0.29) is 28.6 Å². The van der Waals surface area contributed by atoms with Gasteiger partial charge in [0.1, 0.15) is 11.6 Å². The minimum absolute atomic E-state index is 0.0676. The van der Waals surface area contributed by atoms with E-state index in [4.69, 9.17) is 0 Å². The second-order valence-electron chi connectivity index (χ2n) is 10.0. The molecule has 4 nitrogen and oxygen atoms in total. The Morgan fingerprint density at radius 3 is 2.45 bits per heavy atom. The van der Waals surface area contributed by atoms with Crippen molar-refractivity contribution in [3.05, 3.63) is 82.8 Å². The minimum atomic E-state index is -0.352. The van der Waals surface area contributed by atoms with Crippen molar-refractivity contribution in [1.29, 1.82) is 0 Å². The lowest BCUT2D eigenvalue weighted by Crippen LogP contribution is -2.38. The van der Waals surface area contributed by atoms with Crippen molar-refractivity contribution in [3.63, 3.8) is 0 Å². The van der Waals surface area contributed by atoms with Gasteiger partial charge in [-0.25, -0.2) is 9.07 Å². The van der Waals surface area contributed by atoms with E-state index in [1.165, 1.54) is 17.2 Å². The van der Waals surface area contributed by atoms with Crippen LogP contribution in [0.1, 0.15) is 86.5 Å².